The number of hydrogen-bond donors (Lipinski definition) is 2. The van der Waals surface area contributed by atoms with Gasteiger partial charge in [0, 0.05) is 6.61 Å². The molecule has 1 saturated heterocycles. The highest BCUT2D eigenvalue weighted by Crippen LogP contribution is 2.23. The molecule has 1 amide bonds. The number of para-hydroxylation sites is 2. The van der Waals surface area contributed by atoms with Gasteiger partial charge in [-0.1, -0.05) is 18.2 Å². The van der Waals surface area contributed by atoms with Crippen molar-refractivity contribution < 1.29 is 19.2 Å². The summed E-state index contributed by atoms with van der Waals surface area (Å²) in [4.78, 5) is 15.2. The lowest BCUT2D eigenvalue weighted by Gasteiger charge is -2.21. The van der Waals surface area contributed by atoms with E-state index in [0.717, 1.165) is 38.2 Å². The minimum atomic E-state index is 0.00158. The standard InChI is InChI=1S/C20H26N2O3S/c1-2-24-19-10-4-3-9-18(19)21-20(23)15-22(13-16-7-5-11-25-16)14-17-8-6-12-26-17/h3-4,6,8-10,12,16H,2,5,7,11,13-15H2,1H3,(H,21,23)/p+1/t16-/m0/s1. The summed E-state index contributed by atoms with van der Waals surface area (Å²) in [5, 5.41) is 5.09. The van der Waals surface area contributed by atoms with Gasteiger partial charge in [-0.05, 0) is 43.3 Å². The van der Waals surface area contributed by atoms with Gasteiger partial charge in [-0.25, -0.2) is 0 Å². The van der Waals surface area contributed by atoms with Crippen LogP contribution in [0.3, 0.4) is 0 Å². The average molecular weight is 376 g/mol. The molecule has 3 rings (SSSR count). The lowest BCUT2D eigenvalue weighted by Crippen LogP contribution is -3.12. The molecular formula is C20H27N2O3S+. The second kappa shape index (κ2) is 9.71. The summed E-state index contributed by atoms with van der Waals surface area (Å²) in [5.41, 5.74) is 0.729. The van der Waals surface area contributed by atoms with Crippen LogP contribution in [0.25, 0.3) is 0 Å². The fraction of sp³-hybridized carbons (Fsp3) is 0.450. The Morgan fingerprint density at radius 2 is 2.23 bits per heavy atom. The van der Waals surface area contributed by atoms with Crippen LogP contribution in [0.1, 0.15) is 24.6 Å². The van der Waals surface area contributed by atoms with Crippen molar-refractivity contribution in [2.75, 3.05) is 31.6 Å². The second-order valence-corrected chi connectivity index (χ2v) is 7.53. The molecule has 1 aliphatic heterocycles. The molecule has 1 aromatic heterocycles. The predicted octanol–water partition coefficient (Wildman–Crippen LogP) is 2.35. The number of rotatable bonds is 9. The van der Waals surface area contributed by atoms with Crippen molar-refractivity contribution in [3.8, 4) is 5.75 Å². The highest BCUT2D eigenvalue weighted by Gasteiger charge is 2.24. The molecule has 1 aromatic carbocycles. The van der Waals surface area contributed by atoms with Gasteiger partial charge in [-0.3, -0.25) is 4.79 Å². The molecule has 2 aromatic rings. The molecule has 26 heavy (non-hydrogen) atoms. The van der Waals surface area contributed by atoms with Gasteiger partial charge in [0.15, 0.2) is 6.54 Å². The van der Waals surface area contributed by atoms with E-state index in [0.29, 0.717) is 18.9 Å². The molecule has 2 N–H and O–H groups in total. The minimum absolute atomic E-state index is 0.00158. The molecule has 0 aliphatic carbocycles. The molecule has 0 bridgehead atoms. The highest BCUT2D eigenvalue weighted by molar-refractivity contribution is 7.09. The van der Waals surface area contributed by atoms with E-state index in [1.807, 2.05) is 31.2 Å². The van der Waals surface area contributed by atoms with Gasteiger partial charge < -0.3 is 19.7 Å². The van der Waals surface area contributed by atoms with Crippen LogP contribution in [-0.2, 0) is 16.1 Å². The molecule has 140 valence electrons. The lowest BCUT2D eigenvalue weighted by atomic mass is 10.2. The summed E-state index contributed by atoms with van der Waals surface area (Å²) in [6.45, 7) is 5.47. The third-order valence-electron chi connectivity index (χ3n) is 4.42. The molecule has 0 spiro atoms. The first-order chi connectivity index (χ1) is 12.7. The van der Waals surface area contributed by atoms with E-state index in [1.54, 1.807) is 11.3 Å². The van der Waals surface area contributed by atoms with Crippen LogP contribution >= 0.6 is 11.3 Å². The Bertz CT molecular complexity index is 684. The number of amides is 1. The molecule has 1 aliphatic rings. The maximum absolute atomic E-state index is 12.7. The van der Waals surface area contributed by atoms with Crippen molar-refractivity contribution in [3.63, 3.8) is 0 Å². The molecule has 0 saturated carbocycles. The number of quaternary nitrogens is 1. The Morgan fingerprint density at radius 3 is 2.96 bits per heavy atom. The van der Waals surface area contributed by atoms with Gasteiger partial charge >= 0.3 is 0 Å². The first kappa shape index (κ1) is 18.9. The van der Waals surface area contributed by atoms with E-state index in [2.05, 4.69) is 22.8 Å². The topological polar surface area (TPSA) is 52.0 Å². The van der Waals surface area contributed by atoms with E-state index < -0.39 is 0 Å². The summed E-state index contributed by atoms with van der Waals surface area (Å²) in [7, 11) is 0. The van der Waals surface area contributed by atoms with Gasteiger partial charge in [0.2, 0.25) is 0 Å². The highest BCUT2D eigenvalue weighted by atomic mass is 32.1. The Hall–Kier alpha value is -1.89. The zero-order chi connectivity index (χ0) is 18.2. The van der Waals surface area contributed by atoms with Gasteiger partial charge in [0.05, 0.1) is 17.2 Å². The lowest BCUT2D eigenvalue weighted by molar-refractivity contribution is -0.908. The van der Waals surface area contributed by atoms with Gasteiger partial charge in [-0.15, -0.1) is 11.3 Å². The van der Waals surface area contributed by atoms with Crippen molar-refractivity contribution in [3.05, 3.63) is 46.7 Å². The fourth-order valence-corrected chi connectivity index (χ4v) is 4.04. The summed E-state index contributed by atoms with van der Waals surface area (Å²) >= 11 is 1.74. The average Bonchev–Trinajstić information content (AvgIpc) is 3.31. The van der Waals surface area contributed by atoms with Crippen LogP contribution in [0.4, 0.5) is 5.69 Å². The molecule has 5 nitrogen and oxygen atoms in total. The Kier molecular flexibility index (Phi) is 7.05. The largest absolute Gasteiger partial charge is 0.492 e. The zero-order valence-corrected chi connectivity index (χ0v) is 16.0. The first-order valence-corrected chi connectivity index (χ1v) is 10.1. The number of anilines is 1. The number of nitrogens with one attached hydrogen (secondary N) is 2. The predicted molar refractivity (Wildman–Crippen MR) is 104 cm³/mol. The SMILES string of the molecule is CCOc1ccccc1NC(=O)C[NH+](Cc1cccs1)C[C@@H]1CCCO1. The second-order valence-electron chi connectivity index (χ2n) is 6.50. The number of thiophene rings is 1. The Labute approximate surface area is 158 Å². The molecule has 0 radical (unpaired) electrons. The monoisotopic (exact) mass is 375 g/mol. The van der Waals surface area contributed by atoms with Crippen LogP contribution in [-0.4, -0.2) is 38.3 Å². The van der Waals surface area contributed by atoms with E-state index in [-0.39, 0.29) is 12.0 Å². The third kappa shape index (κ3) is 5.56. The summed E-state index contributed by atoms with van der Waals surface area (Å²) in [6.07, 6.45) is 2.46. The van der Waals surface area contributed by atoms with Gasteiger partial charge in [0.1, 0.15) is 24.9 Å². The maximum Gasteiger partial charge on any atom is 0.279 e. The van der Waals surface area contributed by atoms with Crippen LogP contribution < -0.4 is 15.0 Å². The Balaban J connectivity index is 1.62. The van der Waals surface area contributed by atoms with E-state index in [1.165, 1.54) is 9.78 Å². The summed E-state index contributed by atoms with van der Waals surface area (Å²) < 4.78 is 11.4. The Morgan fingerprint density at radius 1 is 1.35 bits per heavy atom. The molecule has 2 atom stereocenters. The molecule has 1 fully saturated rings. The molecule has 1 unspecified atom stereocenters. The smallest absolute Gasteiger partial charge is 0.279 e. The van der Waals surface area contributed by atoms with Gasteiger partial charge in [0.25, 0.3) is 5.91 Å². The van der Waals surface area contributed by atoms with Crippen LogP contribution in [0.2, 0.25) is 0 Å². The van der Waals surface area contributed by atoms with Crippen LogP contribution in [0.15, 0.2) is 41.8 Å². The van der Waals surface area contributed by atoms with Crippen molar-refractivity contribution in [1.29, 1.82) is 0 Å². The van der Waals surface area contributed by atoms with E-state index in [4.69, 9.17) is 9.47 Å². The molecular weight excluding hydrogens is 348 g/mol. The van der Waals surface area contributed by atoms with Crippen molar-refractivity contribution in [1.82, 2.24) is 0 Å². The van der Waals surface area contributed by atoms with Crippen molar-refractivity contribution >= 4 is 22.9 Å². The maximum atomic E-state index is 12.7. The summed E-state index contributed by atoms with van der Waals surface area (Å²) in [5.74, 6) is 0.712. The number of carbonyl (C=O) groups excluding carboxylic acids is 1. The third-order valence-corrected chi connectivity index (χ3v) is 5.29. The van der Waals surface area contributed by atoms with Gasteiger partial charge in [-0.2, -0.15) is 0 Å². The number of ether oxygens (including phenoxy) is 2. The van der Waals surface area contributed by atoms with Crippen molar-refractivity contribution in [2.24, 2.45) is 0 Å². The molecule has 2 heterocycles. The fourth-order valence-electron chi connectivity index (χ4n) is 3.27. The minimum Gasteiger partial charge on any atom is -0.492 e. The van der Waals surface area contributed by atoms with E-state index in [9.17, 15) is 4.79 Å². The first-order valence-electron chi connectivity index (χ1n) is 9.24. The quantitative estimate of drug-likeness (QED) is 0.707. The van der Waals surface area contributed by atoms with Crippen LogP contribution in [0, 0.1) is 0 Å². The van der Waals surface area contributed by atoms with Crippen molar-refractivity contribution in [2.45, 2.75) is 32.4 Å². The normalized spacial score (nSPS) is 17.8. The zero-order valence-electron chi connectivity index (χ0n) is 15.2. The van der Waals surface area contributed by atoms with Crippen LogP contribution in [0.5, 0.6) is 5.75 Å². The number of carbonyl (C=O) groups is 1. The number of hydrogen-bond acceptors (Lipinski definition) is 4. The summed E-state index contributed by atoms with van der Waals surface area (Å²) in [6, 6.07) is 11.8. The van der Waals surface area contributed by atoms with E-state index >= 15 is 0 Å². The molecule has 6 heteroatoms. The number of benzene rings is 1.